The van der Waals surface area contributed by atoms with Gasteiger partial charge in [-0.3, -0.25) is 9.59 Å². The first kappa shape index (κ1) is 18.6. The lowest BCUT2D eigenvalue weighted by molar-refractivity contribution is 0.0600. The maximum absolute atomic E-state index is 12.5. The van der Waals surface area contributed by atoms with E-state index >= 15 is 0 Å². The van der Waals surface area contributed by atoms with Gasteiger partial charge >= 0.3 is 5.97 Å². The van der Waals surface area contributed by atoms with Crippen molar-refractivity contribution >= 4 is 23.5 Å². The average molecular weight is 366 g/mol. The van der Waals surface area contributed by atoms with Crippen molar-refractivity contribution in [3.63, 3.8) is 0 Å². The van der Waals surface area contributed by atoms with E-state index in [0.717, 1.165) is 25.7 Å². The number of benzene rings is 2. The van der Waals surface area contributed by atoms with Crippen LogP contribution in [0.25, 0.3) is 0 Å². The van der Waals surface area contributed by atoms with Crippen molar-refractivity contribution < 1.29 is 19.1 Å². The summed E-state index contributed by atoms with van der Waals surface area (Å²) in [5, 5.41) is 5.78. The van der Waals surface area contributed by atoms with Crippen LogP contribution in [0.15, 0.2) is 48.5 Å². The maximum atomic E-state index is 12.5. The monoisotopic (exact) mass is 366 g/mol. The van der Waals surface area contributed by atoms with Gasteiger partial charge in [0.25, 0.3) is 11.8 Å². The molecule has 0 unspecified atom stereocenters. The smallest absolute Gasteiger partial charge is 0.337 e. The molecule has 6 heteroatoms. The van der Waals surface area contributed by atoms with E-state index in [9.17, 15) is 14.4 Å². The highest BCUT2D eigenvalue weighted by Crippen LogP contribution is 2.18. The molecule has 3 rings (SSSR count). The predicted octanol–water partition coefficient (Wildman–Crippen LogP) is 3.40. The molecule has 0 bridgehead atoms. The van der Waals surface area contributed by atoms with E-state index in [4.69, 9.17) is 0 Å². The Morgan fingerprint density at radius 1 is 0.889 bits per heavy atom. The zero-order valence-corrected chi connectivity index (χ0v) is 15.2. The van der Waals surface area contributed by atoms with Crippen molar-refractivity contribution in [3.8, 4) is 0 Å². The second-order valence-electron chi connectivity index (χ2n) is 6.56. The molecule has 140 valence electrons. The molecule has 2 aromatic rings. The predicted molar refractivity (Wildman–Crippen MR) is 102 cm³/mol. The Labute approximate surface area is 157 Å². The number of ether oxygens (including phenoxy) is 1. The molecule has 2 amide bonds. The van der Waals surface area contributed by atoms with Gasteiger partial charge in [-0.1, -0.05) is 18.9 Å². The molecule has 0 aliphatic heterocycles. The Hall–Kier alpha value is -3.15. The van der Waals surface area contributed by atoms with Crippen LogP contribution in [0.3, 0.4) is 0 Å². The summed E-state index contributed by atoms with van der Waals surface area (Å²) in [6.07, 6.45) is 4.30. The third-order valence-electron chi connectivity index (χ3n) is 4.64. The summed E-state index contributed by atoms with van der Waals surface area (Å²) >= 11 is 0. The number of anilines is 1. The second kappa shape index (κ2) is 8.49. The van der Waals surface area contributed by atoms with Gasteiger partial charge in [0.2, 0.25) is 0 Å². The van der Waals surface area contributed by atoms with Crippen LogP contribution in [0, 0.1) is 0 Å². The standard InChI is InChI=1S/C21H22N2O4/c1-27-21(26)14-9-11-18(12-10-14)23-20(25)16-6-4-5-15(13-16)19(24)22-17-7-2-3-8-17/h4-6,9-13,17H,2-3,7-8H2,1H3,(H,22,24)(H,23,25). The van der Waals surface area contributed by atoms with E-state index in [1.165, 1.54) is 7.11 Å². The van der Waals surface area contributed by atoms with Gasteiger partial charge in [0.15, 0.2) is 0 Å². The molecule has 1 saturated carbocycles. The molecule has 0 radical (unpaired) electrons. The Kier molecular flexibility index (Phi) is 5.86. The summed E-state index contributed by atoms with van der Waals surface area (Å²) < 4.78 is 4.65. The molecule has 0 heterocycles. The zero-order chi connectivity index (χ0) is 19.2. The van der Waals surface area contributed by atoms with Crippen molar-refractivity contribution in [1.29, 1.82) is 0 Å². The number of hydrogen-bond acceptors (Lipinski definition) is 4. The van der Waals surface area contributed by atoms with Crippen LogP contribution in [-0.2, 0) is 4.74 Å². The number of methoxy groups -OCH3 is 1. The van der Waals surface area contributed by atoms with Crippen molar-refractivity contribution in [1.82, 2.24) is 5.32 Å². The number of carbonyl (C=O) groups is 3. The average Bonchev–Trinajstić information content (AvgIpc) is 3.21. The van der Waals surface area contributed by atoms with Crippen molar-refractivity contribution in [2.45, 2.75) is 31.7 Å². The highest BCUT2D eigenvalue weighted by molar-refractivity contribution is 6.06. The van der Waals surface area contributed by atoms with Gasteiger partial charge in [-0.25, -0.2) is 4.79 Å². The third kappa shape index (κ3) is 4.73. The number of carbonyl (C=O) groups excluding carboxylic acids is 3. The summed E-state index contributed by atoms with van der Waals surface area (Å²) in [7, 11) is 1.31. The minimum atomic E-state index is -0.436. The number of rotatable bonds is 5. The minimum absolute atomic E-state index is 0.154. The third-order valence-corrected chi connectivity index (χ3v) is 4.64. The number of amides is 2. The Bertz CT molecular complexity index is 840. The van der Waals surface area contributed by atoms with E-state index in [-0.39, 0.29) is 17.9 Å². The topological polar surface area (TPSA) is 84.5 Å². The summed E-state index contributed by atoms with van der Waals surface area (Å²) in [5.74, 6) is -0.913. The molecule has 6 nitrogen and oxygen atoms in total. The lowest BCUT2D eigenvalue weighted by atomic mass is 10.1. The number of hydrogen-bond donors (Lipinski definition) is 2. The molecule has 1 aliphatic carbocycles. The summed E-state index contributed by atoms with van der Waals surface area (Å²) in [5.41, 5.74) is 1.82. The molecule has 2 aromatic carbocycles. The fraction of sp³-hybridized carbons (Fsp3) is 0.286. The van der Waals surface area contributed by atoms with E-state index < -0.39 is 5.97 Å². The Morgan fingerprint density at radius 2 is 1.52 bits per heavy atom. The molecule has 0 saturated heterocycles. The summed E-state index contributed by atoms with van der Waals surface area (Å²) in [4.78, 5) is 36.3. The molecule has 1 aliphatic rings. The minimum Gasteiger partial charge on any atom is -0.465 e. The SMILES string of the molecule is COC(=O)c1ccc(NC(=O)c2cccc(C(=O)NC3CCCC3)c2)cc1. The first-order valence-electron chi connectivity index (χ1n) is 8.97. The molecule has 2 N–H and O–H groups in total. The fourth-order valence-electron chi connectivity index (χ4n) is 3.15. The van der Waals surface area contributed by atoms with E-state index in [1.807, 2.05) is 0 Å². The Morgan fingerprint density at radius 3 is 2.15 bits per heavy atom. The van der Waals surface area contributed by atoms with Crippen LogP contribution in [0.2, 0.25) is 0 Å². The molecule has 27 heavy (non-hydrogen) atoms. The summed E-state index contributed by atoms with van der Waals surface area (Å²) in [6, 6.07) is 13.3. The fourth-order valence-corrected chi connectivity index (χ4v) is 3.15. The van der Waals surface area contributed by atoms with Crippen LogP contribution >= 0.6 is 0 Å². The highest BCUT2D eigenvalue weighted by Gasteiger charge is 2.18. The molecule has 1 fully saturated rings. The number of nitrogens with one attached hydrogen (secondary N) is 2. The van der Waals surface area contributed by atoms with Gasteiger partial charge in [-0.2, -0.15) is 0 Å². The molecule has 0 atom stereocenters. The van der Waals surface area contributed by atoms with Crippen LogP contribution in [0.1, 0.15) is 56.8 Å². The molecule has 0 aromatic heterocycles. The van der Waals surface area contributed by atoms with Gasteiger partial charge in [0, 0.05) is 22.9 Å². The van der Waals surface area contributed by atoms with E-state index in [2.05, 4.69) is 15.4 Å². The summed E-state index contributed by atoms with van der Waals surface area (Å²) in [6.45, 7) is 0. The molecular weight excluding hydrogens is 344 g/mol. The first-order valence-corrected chi connectivity index (χ1v) is 8.97. The molecular formula is C21H22N2O4. The van der Waals surface area contributed by atoms with E-state index in [1.54, 1.807) is 48.5 Å². The van der Waals surface area contributed by atoms with Crippen LogP contribution in [0.4, 0.5) is 5.69 Å². The first-order chi connectivity index (χ1) is 13.1. The van der Waals surface area contributed by atoms with Crippen LogP contribution < -0.4 is 10.6 Å². The van der Waals surface area contributed by atoms with Gasteiger partial charge in [-0.15, -0.1) is 0 Å². The second-order valence-corrected chi connectivity index (χ2v) is 6.56. The maximum Gasteiger partial charge on any atom is 0.337 e. The van der Waals surface area contributed by atoms with Gasteiger partial charge in [-0.05, 0) is 55.3 Å². The lowest BCUT2D eigenvalue weighted by Crippen LogP contribution is -2.32. The van der Waals surface area contributed by atoms with E-state index in [0.29, 0.717) is 22.4 Å². The highest BCUT2D eigenvalue weighted by atomic mass is 16.5. The number of esters is 1. The normalized spacial score (nSPS) is 13.8. The quantitative estimate of drug-likeness (QED) is 0.795. The molecule has 0 spiro atoms. The van der Waals surface area contributed by atoms with Crippen LogP contribution in [0.5, 0.6) is 0 Å². The van der Waals surface area contributed by atoms with Crippen molar-refractivity contribution in [3.05, 3.63) is 65.2 Å². The lowest BCUT2D eigenvalue weighted by Gasteiger charge is -2.12. The van der Waals surface area contributed by atoms with Gasteiger partial charge < -0.3 is 15.4 Å². The van der Waals surface area contributed by atoms with Crippen molar-refractivity contribution in [2.24, 2.45) is 0 Å². The van der Waals surface area contributed by atoms with Crippen molar-refractivity contribution in [2.75, 3.05) is 12.4 Å². The zero-order valence-electron chi connectivity index (χ0n) is 15.2. The largest absolute Gasteiger partial charge is 0.465 e. The van der Waals surface area contributed by atoms with Gasteiger partial charge in [0.1, 0.15) is 0 Å². The Balaban J connectivity index is 1.66. The van der Waals surface area contributed by atoms with Crippen LogP contribution in [-0.4, -0.2) is 30.9 Å². The van der Waals surface area contributed by atoms with Gasteiger partial charge in [0.05, 0.1) is 12.7 Å².